The van der Waals surface area contributed by atoms with Crippen LogP contribution < -0.4 is 9.88 Å². The van der Waals surface area contributed by atoms with E-state index in [0.29, 0.717) is 5.69 Å². The van der Waals surface area contributed by atoms with Gasteiger partial charge in [0, 0.05) is 27.9 Å². The summed E-state index contributed by atoms with van der Waals surface area (Å²) in [5.74, 6) is -1.44. The summed E-state index contributed by atoms with van der Waals surface area (Å²) in [6.45, 7) is 1.64. The third-order valence-electron chi connectivity index (χ3n) is 4.92. The summed E-state index contributed by atoms with van der Waals surface area (Å²) in [7, 11) is 0. The first-order valence-electron chi connectivity index (χ1n) is 10.2. The van der Waals surface area contributed by atoms with Gasteiger partial charge in [0.25, 0.3) is 5.91 Å². The molecule has 1 N–H and O–H groups in total. The molecule has 1 aromatic heterocycles. The number of hydrogen-bond acceptors (Lipinski definition) is 3. The van der Waals surface area contributed by atoms with Crippen LogP contribution in [0.2, 0.25) is 0 Å². The number of rotatable bonds is 8. The van der Waals surface area contributed by atoms with Gasteiger partial charge in [-0.3, -0.25) is 10.7 Å². The average molecular weight is 510 g/mol. The Kier molecular flexibility index (Phi) is 8.24. The third-order valence-corrected chi connectivity index (χ3v) is 5.45. The second-order valence-corrected chi connectivity index (χ2v) is 7.92. The number of halogens is 2. The Morgan fingerprint density at radius 2 is 1.76 bits per heavy atom. The van der Waals surface area contributed by atoms with E-state index in [2.05, 4.69) is 21.2 Å². The van der Waals surface area contributed by atoms with Gasteiger partial charge in [0.05, 0.1) is 18.1 Å². The number of pyridine rings is 1. The highest BCUT2D eigenvalue weighted by atomic mass is 79.9. The number of amides is 1. The fourth-order valence-corrected chi connectivity index (χ4v) is 3.73. The first-order chi connectivity index (χ1) is 16.0. The fourth-order valence-electron chi connectivity index (χ4n) is 3.47. The number of benzene rings is 2. The van der Waals surface area contributed by atoms with Gasteiger partial charge in [0.2, 0.25) is 6.04 Å². The Balaban J connectivity index is 2.18. The molecule has 2 atom stereocenters. The van der Waals surface area contributed by atoms with Gasteiger partial charge in [0.1, 0.15) is 5.82 Å². The Labute approximate surface area is 199 Å². The molecule has 1 heterocycles. The summed E-state index contributed by atoms with van der Waals surface area (Å²) in [4.78, 5) is 26.3. The molecular formula is C25H21BrFN3O3. The molecule has 0 aliphatic rings. The number of nitrogens with zero attached hydrogens (tertiary/aromatic N) is 2. The monoisotopic (exact) mass is 509 g/mol. The van der Waals surface area contributed by atoms with Crippen LogP contribution >= 0.6 is 15.9 Å². The summed E-state index contributed by atoms with van der Waals surface area (Å²) >= 11 is 3.35. The molecule has 168 valence electrons. The highest BCUT2D eigenvalue weighted by Crippen LogP contribution is 2.35. The Bertz CT molecular complexity index is 1180. The Morgan fingerprint density at radius 1 is 1.09 bits per heavy atom. The maximum absolute atomic E-state index is 15.0. The van der Waals surface area contributed by atoms with Crippen molar-refractivity contribution < 1.29 is 23.3 Å². The molecule has 33 heavy (non-hydrogen) atoms. The molecule has 0 saturated carbocycles. The van der Waals surface area contributed by atoms with Gasteiger partial charge in [0.15, 0.2) is 12.4 Å². The van der Waals surface area contributed by atoms with Gasteiger partial charge in [-0.2, -0.15) is 4.57 Å². The second-order valence-electron chi connectivity index (χ2n) is 7.01. The first-order valence-corrected chi connectivity index (χ1v) is 11.0. The minimum atomic E-state index is -1.24. The number of carbonyl (C=O) groups excluding carboxylic acids is 2. The number of carbonyl (C=O) groups is 2. The van der Waals surface area contributed by atoms with E-state index in [1.807, 2.05) is 5.87 Å². The van der Waals surface area contributed by atoms with Gasteiger partial charge in [-0.15, -0.1) is 0 Å². The van der Waals surface area contributed by atoms with E-state index >= 15 is 0 Å². The predicted octanol–water partition coefficient (Wildman–Crippen LogP) is 4.57. The molecule has 3 rings (SSSR count). The molecule has 0 spiro atoms. The largest absolute Gasteiger partial charge is 0.763 e. The van der Waals surface area contributed by atoms with E-state index in [1.54, 1.807) is 72.4 Å². The first kappa shape index (κ1) is 24.0. The maximum atomic E-state index is 15.0. The smallest absolute Gasteiger partial charge is 0.340 e. The third kappa shape index (κ3) is 5.80. The van der Waals surface area contributed by atoms with Crippen LogP contribution in [0.1, 0.15) is 24.4 Å². The van der Waals surface area contributed by atoms with Gasteiger partial charge in [-0.25, -0.2) is 9.18 Å². The van der Waals surface area contributed by atoms with E-state index in [-0.39, 0.29) is 17.7 Å². The molecule has 0 radical (unpaired) electrons. The fraction of sp³-hybridized carbons (Fsp3) is 0.160. The molecule has 0 aliphatic carbocycles. The minimum Gasteiger partial charge on any atom is -0.763 e. The van der Waals surface area contributed by atoms with Crippen molar-refractivity contribution in [2.24, 2.45) is 0 Å². The number of aromatic nitrogens is 1. The average Bonchev–Trinajstić information content (AvgIpc) is 2.82. The maximum Gasteiger partial charge on any atom is 0.340 e. The normalized spacial score (nSPS) is 12.2. The van der Waals surface area contributed by atoms with Crippen molar-refractivity contribution in [3.05, 3.63) is 106 Å². The predicted molar refractivity (Wildman–Crippen MR) is 126 cm³/mol. The van der Waals surface area contributed by atoms with Crippen molar-refractivity contribution in [1.82, 2.24) is 0 Å². The molecule has 2 aromatic carbocycles. The Morgan fingerprint density at radius 3 is 2.36 bits per heavy atom. The van der Waals surface area contributed by atoms with Crippen molar-refractivity contribution in [2.45, 2.75) is 18.9 Å². The van der Waals surface area contributed by atoms with Crippen LogP contribution in [0.5, 0.6) is 0 Å². The Hall–Kier alpha value is -3.61. The highest BCUT2D eigenvalue weighted by Gasteiger charge is 2.43. The summed E-state index contributed by atoms with van der Waals surface area (Å²) in [6, 6.07) is 16.7. The van der Waals surface area contributed by atoms with E-state index in [0.717, 1.165) is 4.47 Å². The van der Waals surface area contributed by atoms with E-state index in [4.69, 9.17) is 4.74 Å². The topological polar surface area (TPSA) is 81.6 Å². The van der Waals surface area contributed by atoms with Crippen LogP contribution in [0.3, 0.4) is 0 Å². The lowest BCUT2D eigenvalue weighted by molar-refractivity contribution is -0.710. The lowest BCUT2D eigenvalue weighted by Crippen LogP contribution is -2.50. The quantitative estimate of drug-likeness (QED) is 0.209. The van der Waals surface area contributed by atoms with Crippen molar-refractivity contribution in [1.29, 1.82) is 0 Å². The molecule has 0 aliphatic heterocycles. The van der Waals surface area contributed by atoms with Crippen molar-refractivity contribution >= 4 is 39.4 Å². The molecule has 6 nitrogen and oxygen atoms in total. The molecular weight excluding hydrogens is 489 g/mol. The minimum absolute atomic E-state index is 0.0300. The molecule has 0 bridgehead atoms. The standard InChI is InChI=1S/C25H21BrFN3O3/c1-2-33-25(32)20(16-28)22(19-8-4-5-9-21(19)27)23(30-14-6-3-7-15-30)24(31)29-18-12-10-17(26)11-13-18/h3-15,22-23H,2H2,1H3,(H,29,31). The zero-order valence-corrected chi connectivity index (χ0v) is 19.3. The summed E-state index contributed by atoms with van der Waals surface area (Å²) in [6.07, 6.45) is 3.25. The second kappa shape index (κ2) is 11.3. The number of hydrogen-bond donors (Lipinski definition) is 1. The van der Waals surface area contributed by atoms with Crippen LogP contribution in [0.25, 0.3) is 5.41 Å². The van der Waals surface area contributed by atoms with Gasteiger partial charge in [-0.1, -0.05) is 40.2 Å². The molecule has 8 heteroatoms. The molecule has 0 fully saturated rings. The summed E-state index contributed by atoms with van der Waals surface area (Å²) < 4.78 is 22.4. The van der Waals surface area contributed by atoms with Crippen molar-refractivity contribution in [2.75, 3.05) is 11.9 Å². The zero-order chi connectivity index (χ0) is 23.8. The van der Waals surface area contributed by atoms with Crippen LogP contribution in [-0.2, 0) is 14.3 Å². The highest BCUT2D eigenvalue weighted by molar-refractivity contribution is 9.10. The molecule has 1 amide bonds. The zero-order valence-electron chi connectivity index (χ0n) is 17.7. The van der Waals surface area contributed by atoms with Gasteiger partial charge in [-0.05, 0) is 37.3 Å². The van der Waals surface area contributed by atoms with Gasteiger partial charge < -0.3 is 15.5 Å². The van der Waals surface area contributed by atoms with E-state index in [9.17, 15) is 19.4 Å². The van der Waals surface area contributed by atoms with Crippen molar-refractivity contribution in [3.8, 4) is 0 Å². The number of esters is 1. The van der Waals surface area contributed by atoms with E-state index < -0.39 is 29.7 Å². The molecule has 3 aromatic rings. The van der Waals surface area contributed by atoms with Crippen molar-refractivity contribution in [3.63, 3.8) is 0 Å². The molecule has 2 unspecified atom stereocenters. The summed E-state index contributed by atoms with van der Waals surface area (Å²) in [5.41, 5.74) is 0.176. The van der Waals surface area contributed by atoms with Crippen LogP contribution in [-0.4, -0.2) is 24.4 Å². The molecule has 0 saturated heterocycles. The van der Waals surface area contributed by atoms with Crippen LogP contribution in [0, 0.1) is 5.82 Å². The lowest BCUT2D eigenvalue weighted by Gasteiger charge is -2.24. The van der Waals surface area contributed by atoms with Gasteiger partial charge >= 0.3 is 5.97 Å². The summed E-state index contributed by atoms with van der Waals surface area (Å²) in [5, 5.41) is 12.7. The SMILES string of the molecule is CCOC(=O)C(=C=[N-])C(c1ccccc1F)C(C(=O)Nc1ccc(Br)cc1)[n+]1ccccc1. The van der Waals surface area contributed by atoms with Crippen LogP contribution in [0.15, 0.2) is 89.2 Å². The van der Waals surface area contributed by atoms with Crippen LogP contribution in [0.4, 0.5) is 10.1 Å². The number of anilines is 1. The van der Waals surface area contributed by atoms with E-state index in [1.165, 1.54) is 18.2 Å². The number of nitrogens with one attached hydrogen (secondary N) is 1. The lowest BCUT2D eigenvalue weighted by atomic mass is 9.83. The number of ether oxygens (including phenoxy) is 1.